The molecule has 124 valence electrons. The first-order valence-corrected chi connectivity index (χ1v) is 8.16. The van der Waals surface area contributed by atoms with Crippen molar-refractivity contribution in [1.29, 1.82) is 0 Å². The van der Waals surface area contributed by atoms with E-state index in [-0.39, 0.29) is 11.8 Å². The molecule has 23 heavy (non-hydrogen) atoms. The highest BCUT2D eigenvalue weighted by molar-refractivity contribution is 5.94. The molecular weight excluding hydrogens is 292 g/mol. The molecule has 0 spiro atoms. The van der Waals surface area contributed by atoms with E-state index in [1.54, 1.807) is 6.20 Å². The van der Waals surface area contributed by atoms with Crippen LogP contribution in [0.1, 0.15) is 26.7 Å². The molecule has 1 aromatic carbocycles. The molecule has 1 fully saturated rings. The van der Waals surface area contributed by atoms with Gasteiger partial charge in [-0.25, -0.2) is 0 Å². The summed E-state index contributed by atoms with van der Waals surface area (Å²) in [7, 11) is 0. The van der Waals surface area contributed by atoms with Crippen LogP contribution in [0.2, 0.25) is 0 Å². The first-order chi connectivity index (χ1) is 11.0. The number of fused-ring (bicyclic) bond motifs is 1. The molecule has 3 N–H and O–H groups in total. The number of aromatic nitrogens is 2. The minimum atomic E-state index is -0.721. The predicted octanol–water partition coefficient (Wildman–Crippen LogP) is 1.75. The maximum Gasteiger partial charge on any atom is 0.226 e. The van der Waals surface area contributed by atoms with Crippen molar-refractivity contribution >= 4 is 22.5 Å². The number of rotatable bonds is 4. The van der Waals surface area contributed by atoms with Crippen LogP contribution >= 0.6 is 0 Å². The zero-order valence-electron chi connectivity index (χ0n) is 13.7. The molecule has 6 nitrogen and oxygen atoms in total. The summed E-state index contributed by atoms with van der Waals surface area (Å²) in [5.74, 6) is -0.0709. The Hall–Kier alpha value is -1.92. The van der Waals surface area contributed by atoms with Gasteiger partial charge in [0.2, 0.25) is 5.91 Å². The van der Waals surface area contributed by atoms with Gasteiger partial charge in [-0.15, -0.1) is 0 Å². The predicted molar refractivity (Wildman–Crippen MR) is 90.3 cm³/mol. The molecule has 0 saturated carbocycles. The Bertz CT molecular complexity index is 702. The molecule has 0 aliphatic carbocycles. The summed E-state index contributed by atoms with van der Waals surface area (Å²) in [6.07, 6.45) is 3.24. The van der Waals surface area contributed by atoms with E-state index in [0.717, 1.165) is 42.5 Å². The van der Waals surface area contributed by atoms with E-state index in [0.29, 0.717) is 6.54 Å². The monoisotopic (exact) mass is 316 g/mol. The van der Waals surface area contributed by atoms with Gasteiger partial charge in [0, 0.05) is 17.0 Å². The molecule has 0 radical (unpaired) electrons. The number of nitrogens with zero attached hydrogens (tertiary/aromatic N) is 2. The topological polar surface area (TPSA) is 79.2 Å². The molecule has 6 heteroatoms. The van der Waals surface area contributed by atoms with E-state index in [9.17, 15) is 9.90 Å². The number of anilines is 1. The number of carbonyl (C=O) groups excluding carboxylic acids is 1. The molecule has 2 heterocycles. The Morgan fingerprint density at radius 3 is 2.87 bits per heavy atom. The van der Waals surface area contributed by atoms with Gasteiger partial charge in [0.1, 0.15) is 0 Å². The number of piperidine rings is 1. The van der Waals surface area contributed by atoms with Crippen LogP contribution in [0.4, 0.5) is 5.69 Å². The van der Waals surface area contributed by atoms with Crippen LogP contribution in [0.5, 0.6) is 0 Å². The SMILES string of the molecule is CC(C)C(=O)Nc1ccc2cnn(CC3(O)CCNCC3)c2c1. The third-order valence-corrected chi connectivity index (χ3v) is 4.41. The van der Waals surface area contributed by atoms with Crippen molar-refractivity contribution in [3.05, 3.63) is 24.4 Å². The quantitative estimate of drug-likeness (QED) is 0.803. The van der Waals surface area contributed by atoms with Crippen LogP contribution in [0, 0.1) is 5.92 Å². The van der Waals surface area contributed by atoms with Crippen LogP contribution in [-0.4, -0.2) is 39.5 Å². The summed E-state index contributed by atoms with van der Waals surface area (Å²) in [5, 5.41) is 22.3. The van der Waals surface area contributed by atoms with Gasteiger partial charge in [-0.3, -0.25) is 9.48 Å². The lowest BCUT2D eigenvalue weighted by molar-refractivity contribution is -0.118. The summed E-state index contributed by atoms with van der Waals surface area (Å²) in [4.78, 5) is 11.9. The lowest BCUT2D eigenvalue weighted by atomic mass is 9.92. The van der Waals surface area contributed by atoms with Gasteiger partial charge < -0.3 is 15.7 Å². The number of hydrogen-bond acceptors (Lipinski definition) is 4. The van der Waals surface area contributed by atoms with Crippen molar-refractivity contribution < 1.29 is 9.90 Å². The van der Waals surface area contributed by atoms with Crippen molar-refractivity contribution in [3.63, 3.8) is 0 Å². The van der Waals surface area contributed by atoms with Crippen molar-refractivity contribution in [2.45, 2.75) is 38.8 Å². The molecule has 2 aromatic rings. The van der Waals surface area contributed by atoms with Crippen LogP contribution in [-0.2, 0) is 11.3 Å². The Morgan fingerprint density at radius 1 is 1.43 bits per heavy atom. The zero-order valence-corrected chi connectivity index (χ0v) is 13.7. The number of benzene rings is 1. The maximum atomic E-state index is 11.9. The smallest absolute Gasteiger partial charge is 0.226 e. The molecule has 0 atom stereocenters. The fraction of sp³-hybridized carbons (Fsp3) is 0.529. The van der Waals surface area contributed by atoms with Crippen LogP contribution < -0.4 is 10.6 Å². The molecule has 1 aliphatic heterocycles. The molecule has 0 unspecified atom stereocenters. The number of amides is 1. The van der Waals surface area contributed by atoms with Gasteiger partial charge >= 0.3 is 0 Å². The molecule has 1 saturated heterocycles. The highest BCUT2D eigenvalue weighted by atomic mass is 16.3. The fourth-order valence-corrected chi connectivity index (χ4v) is 2.89. The molecular formula is C17H24N4O2. The van der Waals surface area contributed by atoms with E-state index in [1.165, 1.54) is 0 Å². The lowest BCUT2D eigenvalue weighted by Crippen LogP contribution is -2.44. The average Bonchev–Trinajstić information content (AvgIpc) is 2.90. The van der Waals surface area contributed by atoms with E-state index < -0.39 is 5.60 Å². The first-order valence-electron chi connectivity index (χ1n) is 8.16. The summed E-state index contributed by atoms with van der Waals surface area (Å²) >= 11 is 0. The number of nitrogens with one attached hydrogen (secondary N) is 2. The molecule has 1 amide bonds. The van der Waals surface area contributed by atoms with E-state index in [1.807, 2.05) is 36.7 Å². The molecule has 1 aliphatic rings. The first kappa shape index (κ1) is 16.0. The number of hydrogen-bond donors (Lipinski definition) is 3. The summed E-state index contributed by atoms with van der Waals surface area (Å²) in [6, 6.07) is 5.75. The minimum Gasteiger partial charge on any atom is -0.388 e. The molecule has 0 bridgehead atoms. The summed E-state index contributed by atoms with van der Waals surface area (Å²) < 4.78 is 1.84. The number of carbonyl (C=O) groups is 1. The second kappa shape index (κ2) is 6.29. The van der Waals surface area contributed by atoms with E-state index in [4.69, 9.17) is 0 Å². The normalized spacial score (nSPS) is 17.6. The third kappa shape index (κ3) is 3.54. The van der Waals surface area contributed by atoms with Crippen LogP contribution in [0.25, 0.3) is 10.9 Å². The average molecular weight is 316 g/mol. The van der Waals surface area contributed by atoms with E-state index >= 15 is 0 Å². The Labute approximate surface area is 135 Å². The maximum absolute atomic E-state index is 11.9. The molecule has 1 aromatic heterocycles. The van der Waals surface area contributed by atoms with Gasteiger partial charge in [0.15, 0.2) is 0 Å². The van der Waals surface area contributed by atoms with Crippen molar-refractivity contribution in [2.75, 3.05) is 18.4 Å². The third-order valence-electron chi connectivity index (χ3n) is 4.41. The Kier molecular flexibility index (Phi) is 4.37. The van der Waals surface area contributed by atoms with E-state index in [2.05, 4.69) is 15.7 Å². The Balaban J connectivity index is 1.85. The zero-order chi connectivity index (χ0) is 16.4. The van der Waals surface area contributed by atoms with Gasteiger partial charge in [-0.05, 0) is 44.1 Å². The van der Waals surface area contributed by atoms with Crippen LogP contribution in [0.15, 0.2) is 24.4 Å². The summed E-state index contributed by atoms with van der Waals surface area (Å²) in [5.41, 5.74) is 0.968. The lowest BCUT2D eigenvalue weighted by Gasteiger charge is -2.32. The van der Waals surface area contributed by atoms with Gasteiger partial charge in [0.25, 0.3) is 0 Å². The minimum absolute atomic E-state index is 0.00704. The highest BCUT2D eigenvalue weighted by Gasteiger charge is 2.30. The highest BCUT2D eigenvalue weighted by Crippen LogP contribution is 2.24. The van der Waals surface area contributed by atoms with Crippen molar-refractivity contribution in [2.24, 2.45) is 5.92 Å². The van der Waals surface area contributed by atoms with Crippen molar-refractivity contribution in [1.82, 2.24) is 15.1 Å². The molecule has 3 rings (SSSR count). The summed E-state index contributed by atoms with van der Waals surface area (Å²) in [6.45, 7) is 5.85. The van der Waals surface area contributed by atoms with Crippen molar-refractivity contribution in [3.8, 4) is 0 Å². The van der Waals surface area contributed by atoms with Gasteiger partial charge in [-0.2, -0.15) is 5.10 Å². The van der Waals surface area contributed by atoms with Crippen LogP contribution in [0.3, 0.4) is 0 Å². The standard InChI is InChI=1S/C17H24N4O2/c1-12(2)16(22)20-14-4-3-13-10-19-21(15(13)9-14)11-17(23)5-7-18-8-6-17/h3-4,9-10,12,18,23H,5-8,11H2,1-2H3,(H,20,22). The van der Waals surface area contributed by atoms with Gasteiger partial charge in [0.05, 0.1) is 23.9 Å². The number of aliphatic hydroxyl groups is 1. The second-order valence-corrected chi connectivity index (χ2v) is 6.69. The Morgan fingerprint density at radius 2 is 2.17 bits per heavy atom. The fourth-order valence-electron chi connectivity index (χ4n) is 2.89. The van der Waals surface area contributed by atoms with Gasteiger partial charge in [-0.1, -0.05) is 13.8 Å². The second-order valence-electron chi connectivity index (χ2n) is 6.69. The largest absolute Gasteiger partial charge is 0.388 e.